The second kappa shape index (κ2) is 6.63. The van der Waals surface area contributed by atoms with Gasteiger partial charge in [-0.1, -0.05) is 5.21 Å². The standard InChI is InChI=1S/C12H20N4O3/c1-10(17)11-9-16(14-13-11)4-2-3-12(18)15-5-7-19-8-6-15/h9-10,17H,2-8H2,1H3. The topological polar surface area (TPSA) is 80.5 Å². The van der Waals surface area contributed by atoms with Gasteiger partial charge in [-0.15, -0.1) is 5.10 Å². The van der Waals surface area contributed by atoms with Crippen LogP contribution in [0, 0.1) is 0 Å². The minimum atomic E-state index is -0.608. The Morgan fingerprint density at radius 1 is 1.53 bits per heavy atom. The number of rotatable bonds is 5. The van der Waals surface area contributed by atoms with Crippen LogP contribution >= 0.6 is 0 Å². The van der Waals surface area contributed by atoms with E-state index >= 15 is 0 Å². The van der Waals surface area contributed by atoms with E-state index in [1.165, 1.54) is 0 Å². The Morgan fingerprint density at radius 2 is 2.26 bits per heavy atom. The molecule has 1 N–H and O–H groups in total. The van der Waals surface area contributed by atoms with Crippen molar-refractivity contribution in [2.24, 2.45) is 0 Å². The van der Waals surface area contributed by atoms with Crippen LogP contribution in [0.1, 0.15) is 31.6 Å². The third-order valence-corrected chi connectivity index (χ3v) is 3.13. The van der Waals surface area contributed by atoms with Gasteiger partial charge in [-0.25, -0.2) is 0 Å². The maximum Gasteiger partial charge on any atom is 0.222 e. The van der Waals surface area contributed by atoms with E-state index in [1.54, 1.807) is 17.8 Å². The van der Waals surface area contributed by atoms with Gasteiger partial charge in [0.2, 0.25) is 5.91 Å². The van der Waals surface area contributed by atoms with E-state index in [0.29, 0.717) is 45.0 Å². The van der Waals surface area contributed by atoms with Gasteiger partial charge in [0.05, 0.1) is 25.5 Å². The summed E-state index contributed by atoms with van der Waals surface area (Å²) in [4.78, 5) is 13.7. The van der Waals surface area contributed by atoms with E-state index in [2.05, 4.69) is 10.3 Å². The lowest BCUT2D eigenvalue weighted by molar-refractivity contribution is -0.135. The number of nitrogens with zero attached hydrogens (tertiary/aromatic N) is 4. The average molecular weight is 268 g/mol. The van der Waals surface area contributed by atoms with Crippen LogP contribution in [0.2, 0.25) is 0 Å². The molecule has 0 spiro atoms. The molecule has 1 saturated heterocycles. The highest BCUT2D eigenvalue weighted by Gasteiger charge is 2.16. The number of aromatic nitrogens is 3. The molecule has 0 aliphatic carbocycles. The van der Waals surface area contributed by atoms with Crippen molar-refractivity contribution >= 4 is 5.91 Å². The summed E-state index contributed by atoms with van der Waals surface area (Å²) in [5.74, 6) is 0.166. The molecule has 1 fully saturated rings. The van der Waals surface area contributed by atoms with Gasteiger partial charge >= 0.3 is 0 Å². The first-order valence-electron chi connectivity index (χ1n) is 6.60. The van der Waals surface area contributed by atoms with E-state index in [1.807, 2.05) is 4.90 Å². The van der Waals surface area contributed by atoms with Gasteiger partial charge in [-0.05, 0) is 13.3 Å². The first kappa shape index (κ1) is 14.0. The third kappa shape index (κ3) is 4.00. The van der Waals surface area contributed by atoms with Gasteiger partial charge in [0.15, 0.2) is 0 Å². The van der Waals surface area contributed by atoms with Crippen molar-refractivity contribution < 1.29 is 14.6 Å². The summed E-state index contributed by atoms with van der Waals surface area (Å²) >= 11 is 0. The smallest absolute Gasteiger partial charge is 0.222 e. The lowest BCUT2D eigenvalue weighted by Crippen LogP contribution is -2.40. The van der Waals surface area contributed by atoms with Crippen LogP contribution in [0.5, 0.6) is 0 Å². The summed E-state index contributed by atoms with van der Waals surface area (Å²) in [6.45, 7) is 4.92. The molecule has 19 heavy (non-hydrogen) atoms. The number of hydrogen-bond acceptors (Lipinski definition) is 5. The zero-order valence-electron chi connectivity index (χ0n) is 11.2. The fourth-order valence-corrected chi connectivity index (χ4v) is 1.98. The van der Waals surface area contributed by atoms with Crippen molar-refractivity contribution in [2.45, 2.75) is 32.4 Å². The van der Waals surface area contributed by atoms with E-state index in [-0.39, 0.29) is 5.91 Å². The molecule has 0 saturated carbocycles. The highest BCUT2D eigenvalue weighted by atomic mass is 16.5. The predicted octanol–water partition coefficient (Wildman–Crippen LogP) is -0.0296. The van der Waals surface area contributed by atoms with E-state index < -0.39 is 6.10 Å². The van der Waals surface area contributed by atoms with Crippen LogP contribution in [-0.4, -0.2) is 57.2 Å². The first-order chi connectivity index (χ1) is 9.16. The number of aliphatic hydroxyl groups excluding tert-OH is 1. The molecule has 0 bridgehead atoms. The van der Waals surface area contributed by atoms with Gasteiger partial charge < -0.3 is 14.7 Å². The summed E-state index contributed by atoms with van der Waals surface area (Å²) in [6.07, 6.45) is 2.33. The fraction of sp³-hybridized carbons (Fsp3) is 0.750. The maximum atomic E-state index is 11.9. The number of ether oxygens (including phenoxy) is 1. The van der Waals surface area contributed by atoms with Crippen molar-refractivity contribution in [1.82, 2.24) is 19.9 Å². The first-order valence-corrected chi connectivity index (χ1v) is 6.60. The molecule has 2 heterocycles. The van der Waals surface area contributed by atoms with E-state index in [9.17, 15) is 9.90 Å². The van der Waals surface area contributed by atoms with Crippen molar-refractivity contribution in [3.8, 4) is 0 Å². The second-order valence-electron chi connectivity index (χ2n) is 4.68. The van der Waals surface area contributed by atoms with E-state index in [4.69, 9.17) is 4.74 Å². The highest BCUT2D eigenvalue weighted by Crippen LogP contribution is 2.08. The normalized spacial score (nSPS) is 17.5. The molecule has 1 amide bonds. The van der Waals surface area contributed by atoms with Crippen LogP contribution in [-0.2, 0) is 16.1 Å². The summed E-state index contributed by atoms with van der Waals surface area (Å²) in [5.41, 5.74) is 0.555. The number of carbonyl (C=O) groups excluding carboxylic acids is 1. The zero-order valence-corrected chi connectivity index (χ0v) is 11.2. The monoisotopic (exact) mass is 268 g/mol. The number of amides is 1. The van der Waals surface area contributed by atoms with E-state index in [0.717, 1.165) is 6.42 Å². The minimum Gasteiger partial charge on any atom is -0.387 e. The SMILES string of the molecule is CC(O)c1cn(CCCC(=O)N2CCOCC2)nn1. The summed E-state index contributed by atoms with van der Waals surface area (Å²) in [5, 5.41) is 17.1. The molecule has 0 radical (unpaired) electrons. The average Bonchev–Trinajstić information content (AvgIpc) is 2.89. The van der Waals surface area contributed by atoms with Crippen molar-refractivity contribution in [1.29, 1.82) is 0 Å². The summed E-state index contributed by atoms with van der Waals surface area (Å²) in [7, 11) is 0. The van der Waals surface area contributed by atoms with Crippen molar-refractivity contribution in [2.75, 3.05) is 26.3 Å². The molecular formula is C12H20N4O3. The summed E-state index contributed by atoms with van der Waals surface area (Å²) in [6, 6.07) is 0. The molecule has 1 aliphatic heterocycles. The Bertz CT molecular complexity index is 413. The Morgan fingerprint density at radius 3 is 2.89 bits per heavy atom. The van der Waals surface area contributed by atoms with Gasteiger partial charge in [0.25, 0.3) is 0 Å². The lowest BCUT2D eigenvalue weighted by Gasteiger charge is -2.26. The molecule has 2 rings (SSSR count). The number of hydrogen-bond donors (Lipinski definition) is 1. The van der Waals surface area contributed by atoms with Gasteiger partial charge in [0.1, 0.15) is 5.69 Å². The molecule has 1 atom stereocenters. The molecule has 1 unspecified atom stereocenters. The van der Waals surface area contributed by atoms with Crippen LogP contribution in [0.4, 0.5) is 0 Å². The zero-order chi connectivity index (χ0) is 13.7. The van der Waals surface area contributed by atoms with Gasteiger partial charge in [-0.2, -0.15) is 0 Å². The van der Waals surface area contributed by atoms with Crippen LogP contribution in [0.3, 0.4) is 0 Å². The largest absolute Gasteiger partial charge is 0.387 e. The van der Waals surface area contributed by atoms with Crippen LogP contribution in [0.15, 0.2) is 6.20 Å². The molecule has 7 heteroatoms. The quantitative estimate of drug-likeness (QED) is 0.811. The maximum absolute atomic E-state index is 11.9. The Balaban J connectivity index is 1.71. The van der Waals surface area contributed by atoms with Gasteiger partial charge in [0, 0.05) is 26.1 Å². The van der Waals surface area contributed by atoms with Crippen molar-refractivity contribution in [3.05, 3.63) is 11.9 Å². The lowest BCUT2D eigenvalue weighted by atomic mass is 10.2. The molecule has 1 aromatic heterocycles. The number of morpholine rings is 1. The number of aliphatic hydroxyl groups is 1. The molecule has 7 nitrogen and oxygen atoms in total. The minimum absolute atomic E-state index is 0.166. The molecular weight excluding hydrogens is 248 g/mol. The number of aryl methyl sites for hydroxylation is 1. The fourth-order valence-electron chi connectivity index (χ4n) is 1.98. The Kier molecular flexibility index (Phi) is 4.86. The third-order valence-electron chi connectivity index (χ3n) is 3.13. The molecule has 1 aliphatic rings. The van der Waals surface area contributed by atoms with Gasteiger partial charge in [-0.3, -0.25) is 9.48 Å². The molecule has 0 aromatic carbocycles. The Labute approximate surface area is 112 Å². The Hall–Kier alpha value is -1.47. The second-order valence-corrected chi connectivity index (χ2v) is 4.68. The highest BCUT2D eigenvalue weighted by molar-refractivity contribution is 5.76. The predicted molar refractivity (Wildman–Crippen MR) is 67.3 cm³/mol. The molecule has 1 aromatic rings. The number of carbonyl (C=O) groups is 1. The van der Waals surface area contributed by atoms with Crippen LogP contribution < -0.4 is 0 Å². The van der Waals surface area contributed by atoms with Crippen molar-refractivity contribution in [3.63, 3.8) is 0 Å². The summed E-state index contributed by atoms with van der Waals surface area (Å²) < 4.78 is 6.87. The molecule has 106 valence electrons. The van der Waals surface area contributed by atoms with Crippen LogP contribution in [0.25, 0.3) is 0 Å².